The number of amides is 2. The number of imide groups is 1. The summed E-state index contributed by atoms with van der Waals surface area (Å²) >= 11 is 0. The topological polar surface area (TPSA) is 63.4 Å². The first-order valence-electron chi connectivity index (χ1n) is 5.76. The Bertz CT molecular complexity index is 270. The molecule has 2 amide bonds. The Hall–Kier alpha value is -0.900. The molecule has 0 radical (unpaired) electrons. The van der Waals surface area contributed by atoms with E-state index in [0.717, 1.165) is 25.7 Å². The molecular formula is C11H18N2O2. The molecule has 2 fully saturated rings. The van der Waals surface area contributed by atoms with Gasteiger partial charge in [-0.15, -0.1) is 0 Å². The van der Waals surface area contributed by atoms with Gasteiger partial charge in [-0.3, -0.25) is 14.5 Å². The molecule has 84 valence electrons. The lowest BCUT2D eigenvalue weighted by Crippen LogP contribution is -2.34. The fraction of sp³-hybridized carbons (Fsp3) is 0.818. The minimum Gasteiger partial charge on any atom is -0.328 e. The molecule has 0 spiro atoms. The lowest BCUT2D eigenvalue weighted by molar-refractivity contribution is -0.141. The lowest BCUT2D eigenvalue weighted by Gasteiger charge is -2.17. The first-order chi connectivity index (χ1) is 7.15. The van der Waals surface area contributed by atoms with Crippen molar-refractivity contribution >= 4 is 11.8 Å². The maximum absolute atomic E-state index is 11.6. The van der Waals surface area contributed by atoms with Crippen LogP contribution in [0.5, 0.6) is 0 Å². The molecule has 15 heavy (non-hydrogen) atoms. The molecule has 0 aromatic rings. The lowest BCUT2D eigenvalue weighted by atomic mass is 10.1. The maximum atomic E-state index is 11.6. The number of hydrogen-bond donors (Lipinski definition) is 1. The van der Waals surface area contributed by atoms with Gasteiger partial charge in [0.15, 0.2) is 0 Å². The Morgan fingerprint density at radius 1 is 1.40 bits per heavy atom. The summed E-state index contributed by atoms with van der Waals surface area (Å²) in [5.41, 5.74) is 5.77. The Kier molecular flexibility index (Phi) is 2.78. The predicted octanol–water partition coefficient (Wildman–Crippen LogP) is 0.509. The van der Waals surface area contributed by atoms with Crippen LogP contribution in [-0.4, -0.2) is 29.3 Å². The summed E-state index contributed by atoms with van der Waals surface area (Å²) in [6, 6.07) is 0.201. The van der Waals surface area contributed by atoms with Crippen LogP contribution in [0.3, 0.4) is 0 Å². The van der Waals surface area contributed by atoms with E-state index >= 15 is 0 Å². The molecule has 1 heterocycles. The van der Waals surface area contributed by atoms with Crippen molar-refractivity contribution in [3.8, 4) is 0 Å². The zero-order chi connectivity index (χ0) is 11.0. The molecule has 0 aromatic heterocycles. The van der Waals surface area contributed by atoms with Gasteiger partial charge in [-0.2, -0.15) is 0 Å². The third kappa shape index (κ3) is 1.91. The van der Waals surface area contributed by atoms with E-state index < -0.39 is 0 Å². The highest BCUT2D eigenvalue weighted by Crippen LogP contribution is 2.46. The van der Waals surface area contributed by atoms with Crippen molar-refractivity contribution in [2.45, 2.75) is 38.6 Å². The molecule has 1 saturated carbocycles. The fourth-order valence-corrected chi connectivity index (χ4v) is 2.19. The van der Waals surface area contributed by atoms with Gasteiger partial charge >= 0.3 is 0 Å². The molecule has 3 atom stereocenters. The summed E-state index contributed by atoms with van der Waals surface area (Å²) < 4.78 is 0. The second-order valence-corrected chi connectivity index (χ2v) is 4.59. The van der Waals surface area contributed by atoms with Gasteiger partial charge in [0.2, 0.25) is 11.8 Å². The van der Waals surface area contributed by atoms with Crippen molar-refractivity contribution < 1.29 is 9.59 Å². The number of fused-ring (bicyclic) bond motifs is 1. The van der Waals surface area contributed by atoms with E-state index in [2.05, 4.69) is 0 Å². The molecule has 2 aliphatic rings. The maximum Gasteiger partial charge on any atom is 0.233 e. The molecule has 1 aliphatic heterocycles. The molecular weight excluding hydrogens is 192 g/mol. The first-order valence-corrected chi connectivity index (χ1v) is 5.76. The van der Waals surface area contributed by atoms with Gasteiger partial charge in [-0.1, -0.05) is 6.92 Å². The van der Waals surface area contributed by atoms with Crippen LogP contribution in [-0.2, 0) is 9.59 Å². The molecule has 2 rings (SSSR count). The van der Waals surface area contributed by atoms with Crippen molar-refractivity contribution in [3.05, 3.63) is 0 Å². The predicted molar refractivity (Wildman–Crippen MR) is 55.8 cm³/mol. The highest BCUT2D eigenvalue weighted by molar-refractivity contribution is 6.08. The van der Waals surface area contributed by atoms with Gasteiger partial charge in [0.1, 0.15) is 0 Å². The van der Waals surface area contributed by atoms with E-state index in [-0.39, 0.29) is 29.7 Å². The van der Waals surface area contributed by atoms with Crippen molar-refractivity contribution in [2.24, 2.45) is 17.6 Å². The number of hydrogen-bond acceptors (Lipinski definition) is 3. The largest absolute Gasteiger partial charge is 0.328 e. The van der Waals surface area contributed by atoms with E-state index in [4.69, 9.17) is 5.73 Å². The summed E-state index contributed by atoms with van der Waals surface area (Å²) in [6.45, 7) is 2.62. The molecule has 0 aromatic carbocycles. The minimum atomic E-state index is 0.0392. The molecule has 0 bridgehead atoms. The van der Waals surface area contributed by atoms with Crippen molar-refractivity contribution in [3.63, 3.8) is 0 Å². The monoisotopic (exact) mass is 210 g/mol. The van der Waals surface area contributed by atoms with Crippen LogP contribution >= 0.6 is 0 Å². The van der Waals surface area contributed by atoms with Crippen LogP contribution in [0, 0.1) is 11.8 Å². The Labute approximate surface area is 89.8 Å². The second-order valence-electron chi connectivity index (χ2n) is 4.59. The molecule has 1 aliphatic carbocycles. The number of rotatable bonds is 5. The zero-order valence-corrected chi connectivity index (χ0v) is 9.11. The quantitative estimate of drug-likeness (QED) is 0.672. The molecule has 1 saturated heterocycles. The first kappa shape index (κ1) is 10.6. The number of likely N-dealkylation sites (tertiary alicyclic amines) is 1. The van der Waals surface area contributed by atoms with E-state index in [1.807, 2.05) is 6.92 Å². The van der Waals surface area contributed by atoms with Gasteiger partial charge in [0, 0.05) is 12.6 Å². The fourth-order valence-electron chi connectivity index (χ4n) is 2.19. The Morgan fingerprint density at radius 2 is 2.00 bits per heavy atom. The van der Waals surface area contributed by atoms with Gasteiger partial charge in [0.25, 0.3) is 0 Å². The molecule has 2 N–H and O–H groups in total. The van der Waals surface area contributed by atoms with Crippen LogP contribution in [0.15, 0.2) is 0 Å². The van der Waals surface area contributed by atoms with Crippen LogP contribution in [0.1, 0.15) is 32.6 Å². The van der Waals surface area contributed by atoms with E-state index in [1.54, 1.807) is 0 Å². The van der Waals surface area contributed by atoms with Crippen LogP contribution in [0.4, 0.5) is 0 Å². The van der Waals surface area contributed by atoms with E-state index in [0.29, 0.717) is 6.54 Å². The molecule has 4 nitrogen and oxygen atoms in total. The summed E-state index contributed by atoms with van der Waals surface area (Å²) in [5.74, 6) is 0.180. The Balaban J connectivity index is 1.76. The normalized spacial score (nSPS) is 30.7. The summed E-state index contributed by atoms with van der Waals surface area (Å²) in [4.78, 5) is 24.6. The third-order valence-corrected chi connectivity index (χ3v) is 3.44. The number of nitrogens with two attached hydrogens (primary N) is 1. The van der Waals surface area contributed by atoms with Crippen LogP contribution in [0.2, 0.25) is 0 Å². The van der Waals surface area contributed by atoms with Crippen LogP contribution in [0.25, 0.3) is 0 Å². The molecule has 4 heteroatoms. The van der Waals surface area contributed by atoms with Crippen molar-refractivity contribution in [2.75, 3.05) is 6.54 Å². The minimum absolute atomic E-state index is 0.0392. The average molecular weight is 210 g/mol. The summed E-state index contributed by atoms with van der Waals surface area (Å²) in [7, 11) is 0. The van der Waals surface area contributed by atoms with Gasteiger partial charge in [-0.05, 0) is 25.7 Å². The average Bonchev–Trinajstić information content (AvgIpc) is 2.97. The van der Waals surface area contributed by atoms with Gasteiger partial charge in [-0.25, -0.2) is 0 Å². The van der Waals surface area contributed by atoms with Crippen molar-refractivity contribution in [1.82, 2.24) is 4.90 Å². The summed E-state index contributed by atoms with van der Waals surface area (Å²) in [6.07, 6.45) is 3.48. The SMILES string of the molecule is CCC(N)CCCN1C(=O)C2CC2C1=O. The number of piperidine rings is 1. The standard InChI is InChI=1S/C11H18N2O2/c1-2-7(12)4-3-5-13-10(14)8-6-9(8)11(13)15/h7-9H,2-6,12H2,1H3. The highest BCUT2D eigenvalue weighted by atomic mass is 16.2. The van der Waals surface area contributed by atoms with E-state index in [1.165, 1.54) is 4.90 Å². The molecule has 3 unspecified atom stereocenters. The summed E-state index contributed by atoms with van der Waals surface area (Å²) in [5, 5.41) is 0. The van der Waals surface area contributed by atoms with Gasteiger partial charge in [0.05, 0.1) is 11.8 Å². The smallest absolute Gasteiger partial charge is 0.233 e. The third-order valence-electron chi connectivity index (χ3n) is 3.44. The van der Waals surface area contributed by atoms with Crippen molar-refractivity contribution in [1.29, 1.82) is 0 Å². The number of nitrogens with zero attached hydrogens (tertiary/aromatic N) is 1. The van der Waals surface area contributed by atoms with Crippen LogP contribution < -0.4 is 5.73 Å². The zero-order valence-electron chi connectivity index (χ0n) is 9.11. The highest BCUT2D eigenvalue weighted by Gasteiger charge is 2.58. The van der Waals surface area contributed by atoms with E-state index in [9.17, 15) is 9.59 Å². The Morgan fingerprint density at radius 3 is 2.53 bits per heavy atom. The number of carbonyl (C=O) groups excluding carboxylic acids is 2. The second kappa shape index (κ2) is 3.93. The van der Waals surface area contributed by atoms with Gasteiger partial charge < -0.3 is 5.73 Å². The number of carbonyl (C=O) groups is 2.